The SMILES string of the molecule is CC(C)(C)[C@@H]1OC(=O)[C@@](C2=CCCC2)(c2ccccc2)O1. The van der Waals surface area contributed by atoms with Crippen LogP contribution in [0, 0.1) is 5.41 Å². The molecule has 0 bridgehead atoms. The first-order chi connectivity index (χ1) is 9.94. The molecule has 1 aliphatic carbocycles. The minimum absolute atomic E-state index is 0.245. The summed E-state index contributed by atoms with van der Waals surface area (Å²) < 4.78 is 11.9. The third-order valence-corrected chi connectivity index (χ3v) is 4.17. The van der Waals surface area contributed by atoms with Crippen molar-refractivity contribution in [3.63, 3.8) is 0 Å². The number of hydrogen-bond acceptors (Lipinski definition) is 3. The Balaban J connectivity index is 2.08. The summed E-state index contributed by atoms with van der Waals surface area (Å²) >= 11 is 0. The standard InChI is InChI=1S/C18H22O3/c1-17(2,3)16-20-15(19)18(21-16,14-11-7-8-12-14)13-9-5-4-6-10-13/h4-6,9-11,16H,7-8,12H2,1-3H3/t16-,18+/m1/s1. The summed E-state index contributed by atoms with van der Waals surface area (Å²) in [6, 6.07) is 9.72. The maximum absolute atomic E-state index is 12.8. The van der Waals surface area contributed by atoms with Gasteiger partial charge in [-0.25, -0.2) is 4.79 Å². The third-order valence-electron chi connectivity index (χ3n) is 4.17. The molecule has 0 unspecified atom stereocenters. The van der Waals surface area contributed by atoms with Crippen molar-refractivity contribution in [1.29, 1.82) is 0 Å². The van der Waals surface area contributed by atoms with Crippen LogP contribution in [-0.2, 0) is 19.9 Å². The van der Waals surface area contributed by atoms with Gasteiger partial charge < -0.3 is 9.47 Å². The Labute approximate surface area is 125 Å². The zero-order valence-corrected chi connectivity index (χ0v) is 12.9. The van der Waals surface area contributed by atoms with Gasteiger partial charge in [-0.15, -0.1) is 0 Å². The van der Waals surface area contributed by atoms with Gasteiger partial charge in [0.05, 0.1) is 0 Å². The molecule has 112 valence electrons. The molecule has 0 saturated carbocycles. The van der Waals surface area contributed by atoms with Gasteiger partial charge in [0.2, 0.25) is 11.9 Å². The number of esters is 1. The molecule has 1 saturated heterocycles. The third kappa shape index (κ3) is 2.30. The molecule has 21 heavy (non-hydrogen) atoms. The quantitative estimate of drug-likeness (QED) is 0.610. The normalized spacial score (nSPS) is 29.4. The lowest BCUT2D eigenvalue weighted by atomic mass is 9.85. The van der Waals surface area contributed by atoms with Crippen molar-refractivity contribution in [3.05, 3.63) is 47.5 Å². The van der Waals surface area contributed by atoms with Gasteiger partial charge >= 0.3 is 5.97 Å². The molecular formula is C18H22O3. The van der Waals surface area contributed by atoms with Crippen LogP contribution in [0.5, 0.6) is 0 Å². The second-order valence-electron chi connectivity index (χ2n) is 6.89. The van der Waals surface area contributed by atoms with Crippen LogP contribution in [0.25, 0.3) is 0 Å². The van der Waals surface area contributed by atoms with E-state index in [0.717, 1.165) is 30.4 Å². The van der Waals surface area contributed by atoms with E-state index in [1.54, 1.807) is 0 Å². The van der Waals surface area contributed by atoms with Gasteiger partial charge in [-0.1, -0.05) is 57.2 Å². The van der Waals surface area contributed by atoms with E-state index >= 15 is 0 Å². The van der Waals surface area contributed by atoms with Crippen LogP contribution in [0.3, 0.4) is 0 Å². The number of benzene rings is 1. The number of carbonyl (C=O) groups excluding carboxylic acids is 1. The highest BCUT2D eigenvalue weighted by molar-refractivity contribution is 5.87. The summed E-state index contributed by atoms with van der Waals surface area (Å²) in [6.07, 6.45) is 4.58. The largest absolute Gasteiger partial charge is 0.432 e. The molecular weight excluding hydrogens is 264 g/mol. The molecule has 1 aromatic rings. The molecule has 2 atom stereocenters. The summed E-state index contributed by atoms with van der Waals surface area (Å²) in [5.74, 6) is -0.276. The van der Waals surface area contributed by atoms with E-state index in [1.165, 1.54) is 0 Å². The average Bonchev–Trinajstić information content (AvgIpc) is 3.07. The van der Waals surface area contributed by atoms with Crippen molar-refractivity contribution in [2.45, 2.75) is 51.9 Å². The average molecular weight is 286 g/mol. The van der Waals surface area contributed by atoms with Crippen LogP contribution in [0.4, 0.5) is 0 Å². The molecule has 1 aliphatic heterocycles. The lowest BCUT2D eigenvalue weighted by molar-refractivity contribution is -0.155. The Morgan fingerprint density at radius 2 is 1.90 bits per heavy atom. The number of carbonyl (C=O) groups is 1. The fourth-order valence-corrected chi connectivity index (χ4v) is 3.01. The van der Waals surface area contributed by atoms with E-state index < -0.39 is 11.9 Å². The van der Waals surface area contributed by atoms with Crippen LogP contribution < -0.4 is 0 Å². The fourth-order valence-electron chi connectivity index (χ4n) is 3.01. The topological polar surface area (TPSA) is 35.5 Å². The number of ether oxygens (including phenoxy) is 2. The number of rotatable bonds is 2. The maximum Gasteiger partial charge on any atom is 0.350 e. The van der Waals surface area contributed by atoms with E-state index in [0.29, 0.717) is 0 Å². The predicted octanol–water partition coefficient (Wildman–Crippen LogP) is 3.94. The number of cyclic esters (lactones) is 1. The van der Waals surface area contributed by atoms with Gasteiger partial charge in [-0.2, -0.15) is 0 Å². The Hall–Kier alpha value is -1.61. The van der Waals surface area contributed by atoms with Gasteiger partial charge in [0.25, 0.3) is 0 Å². The highest BCUT2D eigenvalue weighted by Gasteiger charge is 2.56. The lowest BCUT2D eigenvalue weighted by Gasteiger charge is -2.29. The van der Waals surface area contributed by atoms with Gasteiger partial charge in [0.15, 0.2) is 0 Å². The summed E-state index contributed by atoms with van der Waals surface area (Å²) in [4.78, 5) is 12.8. The Kier molecular flexibility index (Phi) is 3.40. The molecule has 1 heterocycles. The lowest BCUT2D eigenvalue weighted by Crippen LogP contribution is -2.36. The van der Waals surface area contributed by atoms with Crippen molar-refractivity contribution in [2.24, 2.45) is 5.41 Å². The molecule has 0 N–H and O–H groups in total. The van der Waals surface area contributed by atoms with E-state index in [2.05, 4.69) is 6.08 Å². The van der Waals surface area contributed by atoms with E-state index in [1.807, 2.05) is 51.1 Å². The van der Waals surface area contributed by atoms with Crippen LogP contribution in [0.1, 0.15) is 45.6 Å². The molecule has 3 rings (SSSR count). The number of hydrogen-bond donors (Lipinski definition) is 0. The highest BCUT2D eigenvalue weighted by atomic mass is 16.8. The van der Waals surface area contributed by atoms with Gasteiger partial charge in [0, 0.05) is 5.41 Å². The van der Waals surface area contributed by atoms with Crippen molar-refractivity contribution in [2.75, 3.05) is 0 Å². The second kappa shape index (κ2) is 4.99. The summed E-state index contributed by atoms with van der Waals surface area (Å²) in [6.45, 7) is 6.07. The first-order valence-electron chi connectivity index (χ1n) is 7.58. The van der Waals surface area contributed by atoms with Gasteiger partial charge in [-0.3, -0.25) is 0 Å². The van der Waals surface area contributed by atoms with Crippen LogP contribution >= 0.6 is 0 Å². The molecule has 3 heteroatoms. The highest BCUT2D eigenvalue weighted by Crippen LogP contribution is 2.48. The van der Waals surface area contributed by atoms with Gasteiger partial charge in [0.1, 0.15) is 0 Å². The molecule has 0 radical (unpaired) electrons. The molecule has 2 aliphatic rings. The zero-order valence-electron chi connectivity index (χ0n) is 12.9. The monoisotopic (exact) mass is 286 g/mol. The molecule has 1 fully saturated rings. The molecule has 0 amide bonds. The Bertz CT molecular complexity index is 568. The predicted molar refractivity (Wildman–Crippen MR) is 80.5 cm³/mol. The molecule has 3 nitrogen and oxygen atoms in total. The zero-order chi connectivity index (χ0) is 15.1. The molecule has 0 aromatic heterocycles. The number of allylic oxidation sites excluding steroid dienone is 1. The Morgan fingerprint density at radius 1 is 1.19 bits per heavy atom. The van der Waals surface area contributed by atoms with Crippen molar-refractivity contribution >= 4 is 5.97 Å². The fraction of sp³-hybridized carbons (Fsp3) is 0.500. The van der Waals surface area contributed by atoms with Gasteiger partial charge in [-0.05, 0) is 30.4 Å². The first-order valence-corrected chi connectivity index (χ1v) is 7.58. The van der Waals surface area contributed by atoms with Crippen molar-refractivity contribution < 1.29 is 14.3 Å². The van der Waals surface area contributed by atoms with E-state index in [4.69, 9.17) is 9.47 Å². The maximum atomic E-state index is 12.8. The second-order valence-corrected chi connectivity index (χ2v) is 6.89. The summed E-state index contributed by atoms with van der Waals surface area (Å²) in [5, 5.41) is 0. The van der Waals surface area contributed by atoms with Crippen molar-refractivity contribution in [1.82, 2.24) is 0 Å². The van der Waals surface area contributed by atoms with Crippen LogP contribution in [0.2, 0.25) is 0 Å². The minimum Gasteiger partial charge on any atom is -0.432 e. The van der Waals surface area contributed by atoms with E-state index in [9.17, 15) is 4.79 Å². The van der Waals surface area contributed by atoms with Crippen molar-refractivity contribution in [3.8, 4) is 0 Å². The summed E-state index contributed by atoms with van der Waals surface area (Å²) in [7, 11) is 0. The first kappa shape index (κ1) is 14.3. The molecule has 0 spiro atoms. The van der Waals surface area contributed by atoms with Crippen LogP contribution in [0.15, 0.2) is 42.0 Å². The smallest absolute Gasteiger partial charge is 0.350 e. The van der Waals surface area contributed by atoms with Crippen LogP contribution in [-0.4, -0.2) is 12.3 Å². The molecule has 1 aromatic carbocycles. The van der Waals surface area contributed by atoms with E-state index in [-0.39, 0.29) is 11.4 Å². The summed E-state index contributed by atoms with van der Waals surface area (Å²) in [5.41, 5.74) is 0.626. The Morgan fingerprint density at radius 3 is 2.43 bits per heavy atom. The minimum atomic E-state index is -1.05.